The van der Waals surface area contributed by atoms with Gasteiger partial charge in [-0.05, 0) is 62.9 Å². The standard InChI is InChI=1S/C19H23FN4/c1-13-8-17(23-19-5-4-16(20)10-21-19)9-18(22-13)15-6-7-24(12-15)11-14-2-3-14/h4-5,8-10,14-15H,2-3,6-7,11-12H2,1H3,(H,21,22,23)/t15-/m1/s1. The van der Waals surface area contributed by atoms with Crippen LogP contribution in [0, 0.1) is 18.7 Å². The third kappa shape index (κ3) is 3.73. The summed E-state index contributed by atoms with van der Waals surface area (Å²) in [6.45, 7) is 5.57. The number of rotatable bonds is 5. The molecule has 2 fully saturated rings. The van der Waals surface area contributed by atoms with E-state index in [1.165, 1.54) is 44.6 Å². The molecular formula is C19H23FN4. The number of aryl methyl sites for hydroxylation is 1. The van der Waals surface area contributed by atoms with Crippen molar-refractivity contribution in [3.63, 3.8) is 0 Å². The molecule has 1 N–H and O–H groups in total. The number of likely N-dealkylation sites (tertiary alicyclic amines) is 1. The largest absolute Gasteiger partial charge is 0.340 e. The molecule has 1 saturated carbocycles. The average Bonchev–Trinajstić information content (AvgIpc) is 3.24. The molecule has 1 aliphatic heterocycles. The number of nitrogens with one attached hydrogen (secondary N) is 1. The molecule has 0 bridgehead atoms. The van der Waals surface area contributed by atoms with Crippen LogP contribution >= 0.6 is 0 Å². The molecule has 0 aromatic carbocycles. The predicted octanol–water partition coefficient (Wildman–Crippen LogP) is 3.87. The molecule has 4 rings (SSSR count). The van der Waals surface area contributed by atoms with Gasteiger partial charge in [0.05, 0.1) is 6.20 Å². The van der Waals surface area contributed by atoms with Gasteiger partial charge in [-0.25, -0.2) is 9.37 Å². The Balaban J connectivity index is 1.47. The molecule has 4 nitrogen and oxygen atoms in total. The van der Waals surface area contributed by atoms with Gasteiger partial charge in [0.25, 0.3) is 0 Å². The van der Waals surface area contributed by atoms with Gasteiger partial charge in [-0.3, -0.25) is 4.98 Å². The Morgan fingerprint density at radius 2 is 2.12 bits per heavy atom. The maximum atomic E-state index is 13.0. The van der Waals surface area contributed by atoms with Crippen LogP contribution in [0.3, 0.4) is 0 Å². The Bertz CT molecular complexity index is 712. The summed E-state index contributed by atoms with van der Waals surface area (Å²) in [5.74, 6) is 1.77. The highest BCUT2D eigenvalue weighted by Crippen LogP contribution is 2.34. The van der Waals surface area contributed by atoms with Crippen molar-refractivity contribution in [3.05, 3.63) is 47.7 Å². The second-order valence-corrected chi connectivity index (χ2v) is 7.10. The lowest BCUT2D eigenvalue weighted by Crippen LogP contribution is -2.23. The number of anilines is 2. The average molecular weight is 326 g/mol. The summed E-state index contributed by atoms with van der Waals surface area (Å²) in [5.41, 5.74) is 3.12. The van der Waals surface area contributed by atoms with E-state index in [0.717, 1.165) is 29.5 Å². The SMILES string of the molecule is Cc1cc(Nc2ccc(F)cn2)cc([C@@H]2CCN(CC3CC3)C2)n1. The first-order valence-corrected chi connectivity index (χ1v) is 8.75. The molecule has 3 heterocycles. The van der Waals surface area contributed by atoms with Crippen molar-refractivity contribution in [3.8, 4) is 0 Å². The van der Waals surface area contributed by atoms with Crippen molar-refractivity contribution in [2.24, 2.45) is 5.92 Å². The smallest absolute Gasteiger partial charge is 0.141 e. The molecule has 1 saturated heterocycles. The first kappa shape index (κ1) is 15.5. The van der Waals surface area contributed by atoms with Gasteiger partial charge in [-0.1, -0.05) is 0 Å². The number of aromatic nitrogens is 2. The topological polar surface area (TPSA) is 41.1 Å². The van der Waals surface area contributed by atoms with Crippen LogP contribution in [0.5, 0.6) is 0 Å². The van der Waals surface area contributed by atoms with E-state index in [2.05, 4.69) is 21.3 Å². The molecule has 2 aromatic heterocycles. The van der Waals surface area contributed by atoms with E-state index >= 15 is 0 Å². The number of nitrogens with zero attached hydrogens (tertiary/aromatic N) is 3. The normalized spacial score (nSPS) is 21.2. The highest BCUT2D eigenvalue weighted by Gasteiger charge is 2.30. The minimum Gasteiger partial charge on any atom is -0.340 e. The lowest BCUT2D eigenvalue weighted by Gasteiger charge is -2.16. The fourth-order valence-electron chi connectivity index (χ4n) is 3.48. The lowest BCUT2D eigenvalue weighted by molar-refractivity contribution is 0.320. The van der Waals surface area contributed by atoms with E-state index in [9.17, 15) is 4.39 Å². The summed E-state index contributed by atoms with van der Waals surface area (Å²) in [6.07, 6.45) is 5.21. The zero-order valence-electron chi connectivity index (χ0n) is 14.0. The van der Waals surface area contributed by atoms with Crippen molar-refractivity contribution in [1.82, 2.24) is 14.9 Å². The van der Waals surface area contributed by atoms with E-state index in [1.807, 2.05) is 13.0 Å². The Kier molecular flexibility index (Phi) is 4.19. The van der Waals surface area contributed by atoms with Crippen LogP contribution in [0.2, 0.25) is 0 Å². The van der Waals surface area contributed by atoms with Gasteiger partial charge in [-0.2, -0.15) is 0 Å². The Hall–Kier alpha value is -2.01. The Morgan fingerprint density at radius 3 is 2.88 bits per heavy atom. The van der Waals surface area contributed by atoms with Crippen LogP contribution in [-0.2, 0) is 0 Å². The highest BCUT2D eigenvalue weighted by molar-refractivity contribution is 5.57. The predicted molar refractivity (Wildman–Crippen MR) is 93.0 cm³/mol. The van der Waals surface area contributed by atoms with Gasteiger partial charge in [0.15, 0.2) is 0 Å². The second-order valence-electron chi connectivity index (χ2n) is 7.10. The number of hydrogen-bond donors (Lipinski definition) is 1. The molecule has 24 heavy (non-hydrogen) atoms. The van der Waals surface area contributed by atoms with Gasteiger partial charge in [-0.15, -0.1) is 0 Å². The maximum absolute atomic E-state index is 13.0. The van der Waals surface area contributed by atoms with Crippen molar-refractivity contribution in [2.75, 3.05) is 25.0 Å². The molecule has 1 aliphatic carbocycles. The van der Waals surface area contributed by atoms with Crippen LogP contribution in [0.4, 0.5) is 15.9 Å². The van der Waals surface area contributed by atoms with Gasteiger partial charge in [0.2, 0.25) is 0 Å². The Labute approximate surface area is 142 Å². The third-order valence-corrected chi connectivity index (χ3v) is 4.88. The van der Waals surface area contributed by atoms with E-state index in [1.54, 1.807) is 6.07 Å². The third-order valence-electron chi connectivity index (χ3n) is 4.88. The van der Waals surface area contributed by atoms with E-state index in [4.69, 9.17) is 4.98 Å². The summed E-state index contributed by atoms with van der Waals surface area (Å²) < 4.78 is 13.0. The molecular weight excluding hydrogens is 303 g/mol. The fourth-order valence-corrected chi connectivity index (χ4v) is 3.48. The van der Waals surface area contributed by atoms with E-state index in [-0.39, 0.29) is 5.82 Å². The van der Waals surface area contributed by atoms with Gasteiger partial charge in [0, 0.05) is 36.1 Å². The van der Waals surface area contributed by atoms with Crippen molar-refractivity contribution >= 4 is 11.5 Å². The van der Waals surface area contributed by atoms with Crippen LogP contribution in [0.25, 0.3) is 0 Å². The molecule has 2 aliphatic rings. The molecule has 0 spiro atoms. The first-order valence-electron chi connectivity index (χ1n) is 8.75. The van der Waals surface area contributed by atoms with Crippen LogP contribution < -0.4 is 5.32 Å². The van der Waals surface area contributed by atoms with Crippen molar-refractivity contribution in [1.29, 1.82) is 0 Å². The van der Waals surface area contributed by atoms with Crippen molar-refractivity contribution < 1.29 is 4.39 Å². The number of pyridine rings is 2. The maximum Gasteiger partial charge on any atom is 0.141 e. The summed E-state index contributed by atoms with van der Waals surface area (Å²) in [4.78, 5) is 11.4. The zero-order valence-corrected chi connectivity index (χ0v) is 14.0. The molecule has 0 unspecified atom stereocenters. The monoisotopic (exact) mass is 326 g/mol. The fraction of sp³-hybridized carbons (Fsp3) is 0.474. The molecule has 2 aromatic rings. The zero-order chi connectivity index (χ0) is 16.5. The molecule has 1 atom stereocenters. The van der Waals surface area contributed by atoms with Crippen LogP contribution in [-0.4, -0.2) is 34.5 Å². The number of halogens is 1. The van der Waals surface area contributed by atoms with Gasteiger partial charge in [0.1, 0.15) is 11.6 Å². The first-order chi connectivity index (χ1) is 11.7. The van der Waals surface area contributed by atoms with Gasteiger partial charge < -0.3 is 10.2 Å². The molecule has 5 heteroatoms. The quantitative estimate of drug-likeness (QED) is 0.906. The summed E-state index contributed by atoms with van der Waals surface area (Å²) in [5, 5.41) is 3.26. The minimum absolute atomic E-state index is 0.325. The Morgan fingerprint density at radius 1 is 1.25 bits per heavy atom. The lowest BCUT2D eigenvalue weighted by atomic mass is 10.0. The van der Waals surface area contributed by atoms with Crippen LogP contribution in [0.1, 0.15) is 36.6 Å². The van der Waals surface area contributed by atoms with Crippen molar-refractivity contribution in [2.45, 2.75) is 32.1 Å². The minimum atomic E-state index is -0.325. The summed E-state index contributed by atoms with van der Waals surface area (Å²) in [7, 11) is 0. The number of hydrogen-bond acceptors (Lipinski definition) is 4. The van der Waals surface area contributed by atoms with Crippen LogP contribution in [0.15, 0.2) is 30.5 Å². The van der Waals surface area contributed by atoms with E-state index < -0.39 is 0 Å². The summed E-state index contributed by atoms with van der Waals surface area (Å²) in [6, 6.07) is 7.18. The second kappa shape index (κ2) is 6.48. The van der Waals surface area contributed by atoms with E-state index in [0.29, 0.717) is 11.7 Å². The molecule has 0 amide bonds. The van der Waals surface area contributed by atoms with Gasteiger partial charge >= 0.3 is 0 Å². The highest BCUT2D eigenvalue weighted by atomic mass is 19.1. The molecule has 0 radical (unpaired) electrons. The molecule has 126 valence electrons. The summed E-state index contributed by atoms with van der Waals surface area (Å²) >= 11 is 0.